The highest BCUT2D eigenvalue weighted by molar-refractivity contribution is 8.03. The quantitative estimate of drug-likeness (QED) is 0.607. The predicted molar refractivity (Wildman–Crippen MR) is 97.0 cm³/mol. The molecule has 0 atom stereocenters. The van der Waals surface area contributed by atoms with Crippen molar-refractivity contribution in [3.05, 3.63) is 34.9 Å². The fourth-order valence-corrected chi connectivity index (χ4v) is 4.22. The van der Waals surface area contributed by atoms with E-state index in [0.717, 1.165) is 10.6 Å². The first kappa shape index (κ1) is 17.5. The first-order valence-electron chi connectivity index (χ1n) is 8.17. The van der Waals surface area contributed by atoms with E-state index in [1.54, 1.807) is 11.8 Å². The number of fused-ring (bicyclic) bond motifs is 1. The number of piperazine rings is 1. The molecule has 7 heteroatoms. The largest absolute Gasteiger partial charge is 0.340 e. The van der Waals surface area contributed by atoms with E-state index in [1.165, 1.54) is 11.8 Å². The monoisotopic (exact) mass is 356 g/mol. The predicted octanol–water partition coefficient (Wildman–Crippen LogP) is 1.70. The maximum absolute atomic E-state index is 12.7. The molecular formula is C18H20N4O2S. The van der Waals surface area contributed by atoms with Gasteiger partial charge in [0.1, 0.15) is 16.7 Å². The topological polar surface area (TPSA) is 67.6 Å². The summed E-state index contributed by atoms with van der Waals surface area (Å²) >= 11 is 1.46. The summed E-state index contributed by atoms with van der Waals surface area (Å²) in [6, 6.07) is 9.97. The summed E-state index contributed by atoms with van der Waals surface area (Å²) < 4.78 is 0. The molecule has 2 aliphatic rings. The molecule has 3 rings (SSSR count). The van der Waals surface area contributed by atoms with Gasteiger partial charge in [0, 0.05) is 45.0 Å². The van der Waals surface area contributed by atoms with Gasteiger partial charge < -0.3 is 9.80 Å². The smallest absolute Gasteiger partial charge is 0.219 e. The summed E-state index contributed by atoms with van der Waals surface area (Å²) in [5, 5.41) is 10.2. The van der Waals surface area contributed by atoms with Crippen molar-refractivity contribution in [2.45, 2.75) is 11.8 Å². The average molecular weight is 356 g/mol. The molecule has 1 aromatic rings. The van der Waals surface area contributed by atoms with E-state index in [0.29, 0.717) is 31.2 Å². The number of ketones is 1. The number of benzene rings is 1. The second-order valence-corrected chi connectivity index (χ2v) is 7.16. The van der Waals surface area contributed by atoms with Crippen molar-refractivity contribution in [2.24, 2.45) is 0 Å². The first-order chi connectivity index (χ1) is 12.0. The van der Waals surface area contributed by atoms with Crippen molar-refractivity contribution >= 4 is 29.1 Å². The molecule has 1 amide bonds. The fourth-order valence-electron chi connectivity index (χ4n) is 3.05. The van der Waals surface area contributed by atoms with Gasteiger partial charge in [0.2, 0.25) is 5.91 Å². The number of hydrogen-bond donors (Lipinski definition) is 0. The molecule has 130 valence electrons. The molecule has 0 aliphatic carbocycles. The van der Waals surface area contributed by atoms with E-state index in [1.807, 2.05) is 41.1 Å². The Kier molecular flexibility index (Phi) is 5.11. The molecule has 2 heterocycles. The number of nitriles is 1. The number of para-hydroxylation sites is 1. The van der Waals surface area contributed by atoms with Crippen molar-refractivity contribution in [3.8, 4) is 6.07 Å². The van der Waals surface area contributed by atoms with Crippen LogP contribution in [0.3, 0.4) is 0 Å². The second-order valence-electron chi connectivity index (χ2n) is 6.13. The summed E-state index contributed by atoms with van der Waals surface area (Å²) in [7, 11) is 1.88. The maximum Gasteiger partial charge on any atom is 0.219 e. The molecule has 0 spiro atoms. The minimum Gasteiger partial charge on any atom is -0.340 e. The van der Waals surface area contributed by atoms with E-state index in [4.69, 9.17) is 0 Å². The van der Waals surface area contributed by atoms with Crippen molar-refractivity contribution in [1.82, 2.24) is 9.80 Å². The molecule has 1 aromatic carbocycles. The van der Waals surface area contributed by atoms with Gasteiger partial charge in [0.25, 0.3) is 0 Å². The second kappa shape index (κ2) is 7.30. The lowest BCUT2D eigenvalue weighted by Crippen LogP contribution is -2.49. The maximum atomic E-state index is 12.7. The van der Waals surface area contributed by atoms with Gasteiger partial charge in [-0.3, -0.25) is 14.5 Å². The lowest BCUT2D eigenvalue weighted by Gasteiger charge is -2.33. The van der Waals surface area contributed by atoms with Crippen molar-refractivity contribution in [3.63, 3.8) is 0 Å². The van der Waals surface area contributed by atoms with Crippen LogP contribution in [0, 0.1) is 11.3 Å². The zero-order chi connectivity index (χ0) is 18.0. The summed E-state index contributed by atoms with van der Waals surface area (Å²) in [4.78, 5) is 30.8. The van der Waals surface area contributed by atoms with Gasteiger partial charge in [0.15, 0.2) is 5.78 Å². The van der Waals surface area contributed by atoms with Crippen LogP contribution in [0.25, 0.3) is 0 Å². The molecule has 0 unspecified atom stereocenters. The Morgan fingerprint density at radius 1 is 1.20 bits per heavy atom. The van der Waals surface area contributed by atoms with Gasteiger partial charge in [-0.25, -0.2) is 0 Å². The number of thioether (sulfide) groups is 1. The number of Topliss-reactive ketones (excluding diaryl/α,β-unsaturated/α-hetero) is 1. The van der Waals surface area contributed by atoms with Crippen LogP contribution < -0.4 is 4.90 Å². The van der Waals surface area contributed by atoms with E-state index in [-0.39, 0.29) is 23.8 Å². The Morgan fingerprint density at radius 2 is 1.88 bits per heavy atom. The van der Waals surface area contributed by atoms with Crippen LogP contribution in [0.4, 0.5) is 5.69 Å². The van der Waals surface area contributed by atoms with Crippen LogP contribution in [-0.2, 0) is 9.59 Å². The van der Waals surface area contributed by atoms with Crippen molar-refractivity contribution in [1.29, 1.82) is 5.26 Å². The minimum atomic E-state index is -0.166. The van der Waals surface area contributed by atoms with Crippen molar-refractivity contribution < 1.29 is 9.59 Å². The van der Waals surface area contributed by atoms with Crippen LogP contribution in [-0.4, -0.2) is 61.3 Å². The number of carbonyl (C=O) groups excluding carboxylic acids is 2. The number of carbonyl (C=O) groups is 2. The van der Waals surface area contributed by atoms with Gasteiger partial charge in [0.05, 0.1) is 12.2 Å². The Balaban J connectivity index is 1.71. The summed E-state index contributed by atoms with van der Waals surface area (Å²) in [5.74, 6) is -0.103. The number of nitrogens with zero attached hydrogens (tertiary/aromatic N) is 4. The van der Waals surface area contributed by atoms with Gasteiger partial charge in [-0.15, -0.1) is 0 Å². The highest BCUT2D eigenvalue weighted by Gasteiger charge is 2.29. The molecule has 2 aliphatic heterocycles. The number of anilines is 1. The molecule has 6 nitrogen and oxygen atoms in total. The number of hydrogen-bond acceptors (Lipinski definition) is 6. The Labute approximate surface area is 151 Å². The highest BCUT2D eigenvalue weighted by Crippen LogP contribution is 2.46. The molecule has 0 saturated carbocycles. The number of rotatable bonds is 3. The van der Waals surface area contributed by atoms with Crippen LogP contribution >= 0.6 is 11.8 Å². The summed E-state index contributed by atoms with van der Waals surface area (Å²) in [5.41, 5.74) is 1.22. The van der Waals surface area contributed by atoms with E-state index < -0.39 is 0 Å². The number of amides is 1. The molecule has 1 fully saturated rings. The van der Waals surface area contributed by atoms with Crippen LogP contribution in [0.2, 0.25) is 0 Å². The molecular weight excluding hydrogens is 336 g/mol. The third-order valence-electron chi connectivity index (χ3n) is 4.53. The average Bonchev–Trinajstić information content (AvgIpc) is 2.93. The third kappa shape index (κ3) is 3.55. The summed E-state index contributed by atoms with van der Waals surface area (Å²) in [6.45, 7) is 4.33. The van der Waals surface area contributed by atoms with Crippen molar-refractivity contribution in [2.75, 3.05) is 44.7 Å². The summed E-state index contributed by atoms with van der Waals surface area (Å²) in [6.07, 6.45) is 0. The molecule has 1 saturated heterocycles. The van der Waals surface area contributed by atoms with Gasteiger partial charge in [-0.05, 0) is 12.1 Å². The minimum absolute atomic E-state index is 0.0625. The lowest BCUT2D eigenvalue weighted by atomic mass is 10.1. The highest BCUT2D eigenvalue weighted by atomic mass is 32.2. The molecule has 25 heavy (non-hydrogen) atoms. The van der Waals surface area contributed by atoms with Gasteiger partial charge >= 0.3 is 0 Å². The Morgan fingerprint density at radius 3 is 2.48 bits per heavy atom. The Hall–Kier alpha value is -2.30. The fraction of sp³-hybridized carbons (Fsp3) is 0.389. The van der Waals surface area contributed by atoms with E-state index >= 15 is 0 Å². The van der Waals surface area contributed by atoms with E-state index in [9.17, 15) is 14.9 Å². The standard InChI is InChI=1S/C18H20N4O2S/c1-13(23)22-9-7-21(8-10-22)12-16(24)14(11-19)18-20(2)15-5-3-4-6-17(15)25-18/h3-6H,7-10,12H2,1-2H3/b18-14-. The van der Waals surface area contributed by atoms with Crippen LogP contribution in [0.15, 0.2) is 39.8 Å². The van der Waals surface area contributed by atoms with Gasteiger partial charge in [-0.1, -0.05) is 23.9 Å². The SMILES string of the molecule is CC(=O)N1CCN(CC(=O)/C(C#N)=C2\Sc3ccccc3N2C)CC1. The zero-order valence-corrected chi connectivity index (χ0v) is 15.2. The molecule has 0 aromatic heterocycles. The van der Waals surface area contributed by atoms with Crippen LogP contribution in [0.1, 0.15) is 6.92 Å². The van der Waals surface area contributed by atoms with Crippen LogP contribution in [0.5, 0.6) is 0 Å². The normalized spacial score (nSPS) is 19.4. The van der Waals surface area contributed by atoms with E-state index in [2.05, 4.69) is 6.07 Å². The zero-order valence-electron chi connectivity index (χ0n) is 14.4. The first-order valence-corrected chi connectivity index (χ1v) is 8.99. The Bertz CT molecular complexity index is 776. The van der Waals surface area contributed by atoms with Gasteiger partial charge in [-0.2, -0.15) is 5.26 Å². The lowest BCUT2D eigenvalue weighted by molar-refractivity contribution is -0.130. The molecule has 0 N–H and O–H groups in total. The third-order valence-corrected chi connectivity index (χ3v) is 5.76. The molecule has 0 radical (unpaired) electrons. The molecule has 0 bridgehead atoms.